The molecule has 0 unspecified atom stereocenters. The first-order valence-corrected chi connectivity index (χ1v) is 21.6. The second-order valence-electron chi connectivity index (χ2n) is 16.1. The third kappa shape index (κ3) is 22.6. The number of nitrogens with zero attached hydrogens (tertiary/aromatic N) is 12. The Balaban J connectivity index is -0.0000000824. The molecule has 19 heteroatoms. The molecule has 408 valence electrons. The summed E-state index contributed by atoms with van der Waals surface area (Å²) in [6, 6.07) is 8.18. The number of aryl methyl sites for hydroxylation is 8. The van der Waals surface area contributed by atoms with E-state index < -0.39 is 0 Å². The number of fused-ring (bicyclic) bond motifs is 4. The van der Waals surface area contributed by atoms with Crippen LogP contribution in [0, 0.1) is 55.4 Å². The van der Waals surface area contributed by atoms with Crippen molar-refractivity contribution in [3.05, 3.63) is 117 Å². The van der Waals surface area contributed by atoms with Gasteiger partial charge in [0, 0.05) is 142 Å². The Labute approximate surface area is 482 Å². The zero-order valence-electron chi connectivity index (χ0n) is 43.3. The van der Waals surface area contributed by atoms with Gasteiger partial charge < -0.3 is 0 Å². The minimum atomic E-state index is 0. The van der Waals surface area contributed by atoms with Crippen LogP contribution in [0.5, 0.6) is 0 Å². The first-order chi connectivity index (χ1) is 28.4. The van der Waals surface area contributed by atoms with Crippen LogP contribution in [-0.2, 0) is 74.2 Å². The van der Waals surface area contributed by atoms with Crippen molar-refractivity contribution in [2.24, 2.45) is 0 Å². The minimum Gasteiger partial charge on any atom is -0.269 e. The molecule has 72 heavy (non-hydrogen) atoms. The Bertz CT molecular complexity index is 2280. The Kier molecular flexibility index (Phi) is 53.1. The molecule has 0 saturated carbocycles. The molecule has 0 atom stereocenters. The fraction of sp³-hybridized carbons (Fsp3) is 0.547. The zero-order valence-corrected chi connectivity index (χ0v) is 48.9. The first-order valence-electron chi connectivity index (χ1n) is 21.6. The average Bonchev–Trinajstić information content (AvgIpc) is 3.99. The van der Waals surface area contributed by atoms with Crippen molar-refractivity contribution >= 4 is 22.6 Å². The van der Waals surface area contributed by atoms with Gasteiger partial charge in [-0.25, -0.2) is 38.0 Å². The van der Waals surface area contributed by atoms with Gasteiger partial charge in [0.2, 0.25) is 0 Å². The van der Waals surface area contributed by atoms with Crippen LogP contribution in [-0.4, -0.2) is 58.4 Å². The van der Waals surface area contributed by atoms with Crippen LogP contribution in [0.4, 0.5) is 14.1 Å². The van der Waals surface area contributed by atoms with E-state index in [9.17, 15) is 0 Å². The maximum absolute atomic E-state index is 4.52. The van der Waals surface area contributed by atoms with Crippen molar-refractivity contribution in [3.8, 4) is 0 Å². The summed E-state index contributed by atoms with van der Waals surface area (Å²) in [5, 5.41) is 17.3. The molecule has 8 heterocycles. The Morgan fingerprint density at radius 2 is 0.444 bits per heavy atom. The summed E-state index contributed by atoms with van der Waals surface area (Å²) >= 11 is 0. The van der Waals surface area contributed by atoms with Crippen LogP contribution in [0.25, 0.3) is 22.6 Å². The van der Waals surface area contributed by atoms with Crippen molar-refractivity contribution < 1.29 is 88.3 Å². The third-order valence-electron chi connectivity index (χ3n) is 9.71. The standard InChI is InChI=1S/4C11H15N3.2C2H6.5CH4.3FH.4V/c4*1-7(2)10-6-12-14-9(4)5-8(3)13-11(10)14;2*1-2;;;;;;;;;;;;/h4*5-7H,1-4H3;2*1-2H3;5*1H4;3*1H;;;;. The van der Waals surface area contributed by atoms with Crippen molar-refractivity contribution in [1.82, 2.24) is 58.4 Å². The second-order valence-corrected chi connectivity index (χ2v) is 16.1. The average molecular weight is 1160 g/mol. The Morgan fingerprint density at radius 3 is 0.569 bits per heavy atom. The molecule has 8 rings (SSSR count). The quantitative estimate of drug-likeness (QED) is 0.171. The van der Waals surface area contributed by atoms with Crippen LogP contribution in [0.2, 0.25) is 0 Å². The summed E-state index contributed by atoms with van der Waals surface area (Å²) in [7, 11) is 0. The van der Waals surface area contributed by atoms with Gasteiger partial charge in [-0.3, -0.25) is 14.1 Å². The molecule has 0 spiro atoms. The minimum absolute atomic E-state index is 0. The number of hydrogen-bond acceptors (Lipinski definition) is 8. The molecule has 0 aliphatic rings. The molecule has 4 radical (unpaired) electrons. The van der Waals surface area contributed by atoms with E-state index in [1.54, 1.807) is 0 Å². The molecule has 0 aromatic carbocycles. The van der Waals surface area contributed by atoms with Crippen LogP contribution in [0.3, 0.4) is 0 Å². The molecule has 0 aliphatic carbocycles. The molecular formula is C53H95F3N12V4. The van der Waals surface area contributed by atoms with Gasteiger partial charge in [-0.1, -0.05) is 120 Å². The normalized spacial score (nSPS) is 9.11. The van der Waals surface area contributed by atoms with E-state index in [1.807, 2.05) is 123 Å². The van der Waals surface area contributed by atoms with E-state index in [-0.39, 0.29) is 125 Å². The predicted molar refractivity (Wildman–Crippen MR) is 290 cm³/mol. The van der Waals surface area contributed by atoms with Crippen LogP contribution < -0.4 is 0 Å². The van der Waals surface area contributed by atoms with Crippen LogP contribution in [0.15, 0.2) is 49.1 Å². The molecule has 12 nitrogen and oxygen atoms in total. The molecule has 8 aromatic rings. The van der Waals surface area contributed by atoms with Crippen LogP contribution in [0.1, 0.15) is 212 Å². The third-order valence-corrected chi connectivity index (χ3v) is 9.71. The van der Waals surface area contributed by atoms with E-state index in [4.69, 9.17) is 0 Å². The fourth-order valence-corrected chi connectivity index (χ4v) is 6.78. The topological polar surface area (TPSA) is 121 Å². The molecule has 8 aromatic heterocycles. The molecule has 0 bridgehead atoms. The van der Waals surface area contributed by atoms with Gasteiger partial charge in [-0.05, 0) is 103 Å². The van der Waals surface area contributed by atoms with Crippen LogP contribution >= 0.6 is 0 Å². The van der Waals surface area contributed by atoms with Gasteiger partial charge in [0.25, 0.3) is 0 Å². The summed E-state index contributed by atoms with van der Waals surface area (Å²) < 4.78 is 7.62. The molecule has 0 saturated heterocycles. The van der Waals surface area contributed by atoms with Gasteiger partial charge >= 0.3 is 0 Å². The SMILES string of the molecule is C.C.C.C.C.CC.CC.Cc1cc(C)n2ncc(C(C)C)c2n1.Cc1cc(C)n2ncc(C(C)C)c2n1.Cc1cc(C)n2ncc(C(C)C)c2n1.Cc1cc(C)n2ncc(C(C)C)c2n1.F.F.F.[V].[V].[V].[V]. The van der Waals surface area contributed by atoms with Crippen molar-refractivity contribution in [3.63, 3.8) is 0 Å². The summed E-state index contributed by atoms with van der Waals surface area (Å²) in [4.78, 5) is 18.1. The number of halogens is 3. The van der Waals surface area contributed by atoms with E-state index in [1.165, 1.54) is 22.3 Å². The zero-order chi connectivity index (χ0) is 45.2. The van der Waals surface area contributed by atoms with Gasteiger partial charge in [-0.2, -0.15) is 20.4 Å². The van der Waals surface area contributed by atoms with Gasteiger partial charge in [0.05, 0.1) is 24.8 Å². The molecule has 0 amide bonds. The molecular weight excluding hydrogens is 1070 g/mol. The van der Waals surface area contributed by atoms with E-state index in [0.717, 1.165) is 68.1 Å². The van der Waals surface area contributed by atoms with E-state index in [0.29, 0.717) is 23.7 Å². The maximum Gasteiger partial charge on any atom is 0.158 e. The summed E-state index contributed by atoms with van der Waals surface area (Å²) in [5.74, 6) is 1.89. The molecule has 0 aliphatic heterocycles. The number of rotatable bonds is 4. The largest absolute Gasteiger partial charge is 0.269 e. The number of aromatic nitrogens is 12. The summed E-state index contributed by atoms with van der Waals surface area (Å²) in [6.45, 7) is 41.6. The maximum atomic E-state index is 4.52. The molecule has 0 fully saturated rings. The van der Waals surface area contributed by atoms with E-state index in [2.05, 4.69) is 123 Å². The Morgan fingerprint density at radius 1 is 0.306 bits per heavy atom. The smallest absolute Gasteiger partial charge is 0.158 e. The monoisotopic (exact) mass is 1160 g/mol. The van der Waals surface area contributed by atoms with Crippen molar-refractivity contribution in [1.29, 1.82) is 0 Å². The first kappa shape index (κ1) is 91.3. The van der Waals surface area contributed by atoms with Gasteiger partial charge in [0.15, 0.2) is 22.6 Å². The van der Waals surface area contributed by atoms with Gasteiger partial charge in [0.1, 0.15) is 0 Å². The predicted octanol–water partition coefficient (Wildman–Crippen LogP) is 15.6. The number of hydrogen-bond donors (Lipinski definition) is 0. The van der Waals surface area contributed by atoms with Crippen molar-refractivity contribution in [2.75, 3.05) is 0 Å². The van der Waals surface area contributed by atoms with Crippen molar-refractivity contribution in [2.45, 2.75) is 199 Å². The summed E-state index contributed by atoms with van der Waals surface area (Å²) in [5.41, 5.74) is 17.6. The van der Waals surface area contributed by atoms with Gasteiger partial charge in [-0.15, -0.1) is 0 Å². The summed E-state index contributed by atoms with van der Waals surface area (Å²) in [6.07, 6.45) is 7.66. The fourth-order valence-electron chi connectivity index (χ4n) is 6.78. The second kappa shape index (κ2) is 41.9. The molecule has 0 N–H and O–H groups in total. The Hall–Kier alpha value is -3.39. The van der Waals surface area contributed by atoms with E-state index >= 15 is 0 Å².